The van der Waals surface area contributed by atoms with E-state index in [1.807, 2.05) is 66.9 Å². The van der Waals surface area contributed by atoms with E-state index in [0.717, 1.165) is 16.9 Å². The maximum atomic E-state index is 12.2. The maximum Gasteiger partial charge on any atom is 0.227 e. The summed E-state index contributed by atoms with van der Waals surface area (Å²) in [4.78, 5) is 16.5. The van der Waals surface area contributed by atoms with Crippen LogP contribution in [-0.2, 0) is 11.2 Å². The Labute approximate surface area is 155 Å². The van der Waals surface area contributed by atoms with E-state index < -0.39 is 0 Å². The largest absolute Gasteiger partial charge is 0.339 e. The number of nitrogens with zero attached hydrogens (tertiary/aromatic N) is 4. The Morgan fingerprint density at radius 2 is 1.85 bits per heavy atom. The van der Waals surface area contributed by atoms with Crippen molar-refractivity contribution in [3.8, 4) is 17.1 Å². The Morgan fingerprint density at radius 1 is 1.04 bits per heavy atom. The fourth-order valence-electron chi connectivity index (χ4n) is 2.62. The molecule has 0 saturated carbocycles. The van der Waals surface area contributed by atoms with Crippen LogP contribution in [0.15, 0.2) is 77.6 Å². The molecule has 0 aliphatic rings. The number of aromatic nitrogens is 4. The van der Waals surface area contributed by atoms with E-state index >= 15 is 0 Å². The van der Waals surface area contributed by atoms with Crippen molar-refractivity contribution in [3.05, 3.63) is 78.9 Å². The summed E-state index contributed by atoms with van der Waals surface area (Å²) in [5.41, 5.74) is 2.54. The topological polar surface area (TPSA) is 85.8 Å². The lowest BCUT2D eigenvalue weighted by Gasteiger charge is -2.06. The maximum absolute atomic E-state index is 12.2. The van der Waals surface area contributed by atoms with Crippen LogP contribution < -0.4 is 5.32 Å². The number of rotatable bonds is 6. The van der Waals surface area contributed by atoms with Crippen LogP contribution in [0.2, 0.25) is 0 Å². The molecule has 27 heavy (non-hydrogen) atoms. The Bertz CT molecular complexity index is 1010. The third-order valence-corrected chi connectivity index (χ3v) is 3.99. The summed E-state index contributed by atoms with van der Waals surface area (Å²) in [6, 6.07) is 18.9. The normalized spacial score (nSPS) is 10.7. The monoisotopic (exact) mass is 359 g/mol. The Hall–Kier alpha value is -3.74. The van der Waals surface area contributed by atoms with Crippen molar-refractivity contribution >= 4 is 11.6 Å². The molecule has 0 fully saturated rings. The number of nitrogens with one attached hydrogen (secondary N) is 1. The molecule has 2 aromatic carbocycles. The lowest BCUT2D eigenvalue weighted by atomic mass is 10.2. The number of hydrogen-bond acceptors (Lipinski definition) is 5. The van der Waals surface area contributed by atoms with Gasteiger partial charge in [0.25, 0.3) is 0 Å². The second-order valence-electron chi connectivity index (χ2n) is 5.92. The summed E-state index contributed by atoms with van der Waals surface area (Å²) in [6.07, 6.45) is 4.23. The standard InChI is InChI=1S/C20H17N5O2/c26-18(22-16-7-9-17(10-8-16)25-14-4-13-21-25)11-12-19-23-20(24-27-19)15-5-2-1-3-6-15/h1-10,13-14H,11-12H2,(H,22,26). The van der Waals surface area contributed by atoms with Crippen LogP contribution in [0, 0.1) is 0 Å². The number of anilines is 1. The van der Waals surface area contributed by atoms with Gasteiger partial charge in [0.05, 0.1) is 5.69 Å². The van der Waals surface area contributed by atoms with Gasteiger partial charge in [-0.05, 0) is 30.3 Å². The van der Waals surface area contributed by atoms with Gasteiger partial charge in [-0.25, -0.2) is 4.68 Å². The summed E-state index contributed by atoms with van der Waals surface area (Å²) in [5, 5.41) is 11.0. The lowest BCUT2D eigenvalue weighted by Crippen LogP contribution is -2.12. The van der Waals surface area contributed by atoms with Gasteiger partial charge in [0.15, 0.2) is 0 Å². The number of carbonyl (C=O) groups excluding carboxylic acids is 1. The fraction of sp³-hybridized carbons (Fsp3) is 0.100. The SMILES string of the molecule is O=C(CCc1nc(-c2ccccc2)no1)Nc1ccc(-n2cccn2)cc1. The van der Waals surface area contributed by atoms with Crippen molar-refractivity contribution in [3.63, 3.8) is 0 Å². The van der Waals surface area contributed by atoms with Gasteiger partial charge in [0, 0.05) is 36.5 Å². The van der Waals surface area contributed by atoms with Crippen molar-refractivity contribution < 1.29 is 9.32 Å². The number of aryl methyl sites for hydroxylation is 1. The molecule has 2 heterocycles. The zero-order valence-corrected chi connectivity index (χ0v) is 14.4. The average Bonchev–Trinajstić information content (AvgIpc) is 3.40. The van der Waals surface area contributed by atoms with E-state index in [9.17, 15) is 4.79 Å². The number of benzene rings is 2. The summed E-state index contributed by atoms with van der Waals surface area (Å²) >= 11 is 0. The van der Waals surface area contributed by atoms with E-state index in [2.05, 4.69) is 20.6 Å². The van der Waals surface area contributed by atoms with Crippen LogP contribution in [-0.4, -0.2) is 25.8 Å². The molecule has 1 amide bonds. The first kappa shape index (κ1) is 16.7. The highest BCUT2D eigenvalue weighted by Gasteiger charge is 2.10. The van der Waals surface area contributed by atoms with E-state index in [1.54, 1.807) is 10.9 Å². The van der Waals surface area contributed by atoms with Gasteiger partial charge in [0.2, 0.25) is 17.6 Å². The highest BCUT2D eigenvalue weighted by molar-refractivity contribution is 5.90. The number of carbonyl (C=O) groups is 1. The first-order valence-corrected chi connectivity index (χ1v) is 8.56. The fourth-order valence-corrected chi connectivity index (χ4v) is 2.62. The zero-order valence-electron chi connectivity index (χ0n) is 14.4. The molecule has 134 valence electrons. The van der Waals surface area contributed by atoms with Gasteiger partial charge in [0.1, 0.15) is 0 Å². The predicted octanol–water partition coefficient (Wildman–Crippen LogP) is 3.49. The second kappa shape index (κ2) is 7.65. The van der Waals surface area contributed by atoms with Crippen LogP contribution in [0.5, 0.6) is 0 Å². The summed E-state index contributed by atoms with van der Waals surface area (Å²) < 4.78 is 6.98. The predicted molar refractivity (Wildman–Crippen MR) is 100 cm³/mol. The van der Waals surface area contributed by atoms with Crippen LogP contribution in [0.3, 0.4) is 0 Å². The zero-order chi connectivity index (χ0) is 18.5. The molecule has 0 bridgehead atoms. The molecule has 2 aromatic heterocycles. The molecule has 0 saturated heterocycles. The molecule has 7 heteroatoms. The van der Waals surface area contributed by atoms with E-state index in [-0.39, 0.29) is 12.3 Å². The van der Waals surface area contributed by atoms with Gasteiger partial charge in [-0.3, -0.25) is 4.79 Å². The molecule has 0 spiro atoms. The highest BCUT2D eigenvalue weighted by atomic mass is 16.5. The Balaban J connectivity index is 1.32. The van der Waals surface area contributed by atoms with Crippen molar-refractivity contribution in [1.29, 1.82) is 0 Å². The van der Waals surface area contributed by atoms with Crippen molar-refractivity contribution in [1.82, 2.24) is 19.9 Å². The summed E-state index contributed by atoms with van der Waals surface area (Å²) in [5.74, 6) is 0.861. The molecule has 0 aliphatic carbocycles. The van der Waals surface area contributed by atoms with Crippen molar-refractivity contribution in [2.45, 2.75) is 12.8 Å². The van der Waals surface area contributed by atoms with Gasteiger partial charge in [-0.1, -0.05) is 35.5 Å². The second-order valence-corrected chi connectivity index (χ2v) is 5.92. The number of hydrogen-bond donors (Lipinski definition) is 1. The van der Waals surface area contributed by atoms with E-state index in [4.69, 9.17) is 4.52 Å². The minimum atomic E-state index is -0.110. The minimum absolute atomic E-state index is 0.110. The van der Waals surface area contributed by atoms with Gasteiger partial charge in [-0.2, -0.15) is 10.1 Å². The molecule has 0 radical (unpaired) electrons. The Morgan fingerprint density at radius 3 is 2.59 bits per heavy atom. The Kier molecular flexibility index (Phi) is 4.74. The highest BCUT2D eigenvalue weighted by Crippen LogP contribution is 2.16. The summed E-state index contributed by atoms with van der Waals surface area (Å²) in [7, 11) is 0. The molecule has 4 rings (SSSR count). The molecule has 7 nitrogen and oxygen atoms in total. The van der Waals surface area contributed by atoms with Gasteiger partial charge in [-0.15, -0.1) is 0 Å². The molecule has 1 N–H and O–H groups in total. The molecule has 0 unspecified atom stereocenters. The molecule has 0 aliphatic heterocycles. The molecule has 0 atom stereocenters. The van der Waals surface area contributed by atoms with E-state index in [1.165, 1.54) is 0 Å². The van der Waals surface area contributed by atoms with Crippen LogP contribution in [0.1, 0.15) is 12.3 Å². The van der Waals surface area contributed by atoms with Crippen LogP contribution in [0.4, 0.5) is 5.69 Å². The number of amides is 1. The molecular formula is C20H17N5O2. The van der Waals surface area contributed by atoms with Gasteiger partial charge < -0.3 is 9.84 Å². The minimum Gasteiger partial charge on any atom is -0.339 e. The third-order valence-electron chi connectivity index (χ3n) is 3.99. The van der Waals surface area contributed by atoms with Crippen molar-refractivity contribution in [2.75, 3.05) is 5.32 Å². The smallest absolute Gasteiger partial charge is 0.227 e. The average molecular weight is 359 g/mol. The molecular weight excluding hydrogens is 342 g/mol. The van der Waals surface area contributed by atoms with E-state index in [0.29, 0.717) is 18.1 Å². The van der Waals surface area contributed by atoms with Crippen LogP contribution >= 0.6 is 0 Å². The van der Waals surface area contributed by atoms with Gasteiger partial charge >= 0.3 is 0 Å². The molecule has 4 aromatic rings. The lowest BCUT2D eigenvalue weighted by molar-refractivity contribution is -0.116. The first-order valence-electron chi connectivity index (χ1n) is 8.56. The third kappa shape index (κ3) is 4.09. The quantitative estimate of drug-likeness (QED) is 0.569. The van der Waals surface area contributed by atoms with Crippen LogP contribution in [0.25, 0.3) is 17.1 Å². The van der Waals surface area contributed by atoms with Crippen molar-refractivity contribution in [2.24, 2.45) is 0 Å². The summed E-state index contributed by atoms with van der Waals surface area (Å²) in [6.45, 7) is 0. The first-order chi connectivity index (χ1) is 13.3.